The highest BCUT2D eigenvalue weighted by atomic mass is 35.5. The van der Waals surface area contributed by atoms with Crippen LogP contribution >= 0.6 is 11.6 Å². The molecular weight excluding hydrogens is 279 g/mol. The zero-order valence-corrected chi connectivity index (χ0v) is 11.9. The van der Waals surface area contributed by atoms with Gasteiger partial charge in [-0.1, -0.05) is 30.3 Å². The second-order valence-electron chi connectivity index (χ2n) is 4.51. The first kappa shape index (κ1) is 14.8. The number of ether oxygens (including phenoxy) is 1. The largest absolute Gasteiger partial charge is 0.497 e. The van der Waals surface area contributed by atoms with Crippen molar-refractivity contribution in [3.63, 3.8) is 0 Å². The van der Waals surface area contributed by atoms with E-state index in [0.29, 0.717) is 11.3 Å². The number of hydrogen-bond acceptors (Lipinski definition) is 2. The van der Waals surface area contributed by atoms with Gasteiger partial charge in [-0.3, -0.25) is 0 Å². The first-order valence-corrected chi connectivity index (χ1v) is 6.83. The maximum atomic E-state index is 14.3. The molecule has 0 aliphatic rings. The summed E-state index contributed by atoms with van der Waals surface area (Å²) in [7, 11) is 1.47. The predicted octanol–water partition coefficient (Wildman–Crippen LogP) is 3.70. The lowest BCUT2D eigenvalue weighted by molar-refractivity contribution is 0.0734. The van der Waals surface area contributed by atoms with E-state index in [1.165, 1.54) is 19.2 Å². The van der Waals surface area contributed by atoms with Crippen LogP contribution in [0.4, 0.5) is 4.39 Å². The van der Waals surface area contributed by atoms with E-state index < -0.39 is 11.4 Å². The van der Waals surface area contributed by atoms with E-state index in [0.717, 1.165) is 0 Å². The van der Waals surface area contributed by atoms with Crippen molar-refractivity contribution < 1.29 is 14.2 Å². The molecule has 1 unspecified atom stereocenters. The first-order chi connectivity index (χ1) is 9.61. The van der Waals surface area contributed by atoms with Crippen molar-refractivity contribution in [1.82, 2.24) is 0 Å². The zero-order chi connectivity index (χ0) is 14.6. The summed E-state index contributed by atoms with van der Waals surface area (Å²) in [4.78, 5) is 0. The topological polar surface area (TPSA) is 29.5 Å². The maximum Gasteiger partial charge on any atom is 0.133 e. The molecule has 0 heterocycles. The molecule has 106 valence electrons. The smallest absolute Gasteiger partial charge is 0.133 e. The molecule has 0 saturated carbocycles. The molecular formula is C16H16ClFO2. The summed E-state index contributed by atoms with van der Waals surface area (Å²) in [5.74, 6) is 0.116. The monoisotopic (exact) mass is 294 g/mol. The average molecular weight is 295 g/mol. The second-order valence-corrected chi connectivity index (χ2v) is 4.89. The lowest BCUT2D eigenvalue weighted by Crippen LogP contribution is -2.29. The van der Waals surface area contributed by atoms with Crippen molar-refractivity contribution in [1.29, 1.82) is 0 Å². The van der Waals surface area contributed by atoms with Crippen molar-refractivity contribution in [3.05, 3.63) is 65.5 Å². The van der Waals surface area contributed by atoms with Crippen molar-refractivity contribution in [2.45, 2.75) is 12.0 Å². The molecule has 0 radical (unpaired) electrons. The van der Waals surface area contributed by atoms with E-state index in [9.17, 15) is 9.50 Å². The van der Waals surface area contributed by atoms with Gasteiger partial charge in [0.2, 0.25) is 0 Å². The van der Waals surface area contributed by atoms with Crippen molar-refractivity contribution >= 4 is 11.6 Å². The molecule has 0 bridgehead atoms. The van der Waals surface area contributed by atoms with Gasteiger partial charge in [-0.2, -0.15) is 0 Å². The van der Waals surface area contributed by atoms with Gasteiger partial charge in [-0.05, 0) is 24.1 Å². The molecule has 2 nitrogen and oxygen atoms in total. The SMILES string of the molecule is COc1ccc(C(O)(CCCl)c2ccccc2)c(F)c1. The Hall–Kier alpha value is -1.58. The Labute approximate surface area is 122 Å². The third kappa shape index (κ3) is 2.79. The van der Waals surface area contributed by atoms with Gasteiger partial charge in [0.05, 0.1) is 7.11 Å². The predicted molar refractivity (Wildman–Crippen MR) is 77.7 cm³/mol. The molecule has 0 aliphatic carbocycles. The quantitative estimate of drug-likeness (QED) is 0.852. The van der Waals surface area contributed by atoms with Crippen molar-refractivity contribution in [2.75, 3.05) is 13.0 Å². The Kier molecular flexibility index (Phi) is 4.63. The van der Waals surface area contributed by atoms with Crippen LogP contribution in [0.3, 0.4) is 0 Å². The molecule has 2 rings (SSSR count). The summed E-state index contributed by atoms with van der Waals surface area (Å²) >= 11 is 5.79. The summed E-state index contributed by atoms with van der Waals surface area (Å²) < 4.78 is 19.2. The standard InChI is InChI=1S/C16H16ClFO2/c1-20-13-7-8-14(15(18)11-13)16(19,9-10-17)12-5-3-2-4-6-12/h2-8,11,19H,9-10H2,1H3. The maximum absolute atomic E-state index is 14.3. The molecule has 2 aromatic rings. The first-order valence-electron chi connectivity index (χ1n) is 6.29. The number of benzene rings is 2. The minimum atomic E-state index is -1.45. The van der Waals surface area contributed by atoms with Crippen molar-refractivity contribution in [2.24, 2.45) is 0 Å². The van der Waals surface area contributed by atoms with Crippen LogP contribution in [0.1, 0.15) is 17.5 Å². The Morgan fingerprint density at radius 3 is 2.45 bits per heavy atom. The molecule has 0 aromatic heterocycles. The Morgan fingerprint density at radius 2 is 1.90 bits per heavy atom. The van der Waals surface area contributed by atoms with E-state index in [1.54, 1.807) is 30.3 Å². The molecule has 1 atom stereocenters. The fourth-order valence-corrected chi connectivity index (χ4v) is 2.52. The molecule has 0 fully saturated rings. The number of rotatable bonds is 5. The highest BCUT2D eigenvalue weighted by Gasteiger charge is 2.33. The van der Waals surface area contributed by atoms with Crippen LogP contribution in [0.5, 0.6) is 5.75 Å². The van der Waals surface area contributed by atoms with Gasteiger partial charge in [0.25, 0.3) is 0 Å². The van der Waals surface area contributed by atoms with Gasteiger partial charge in [-0.25, -0.2) is 4.39 Å². The number of alkyl halides is 1. The number of methoxy groups -OCH3 is 1. The van der Waals surface area contributed by atoms with E-state index >= 15 is 0 Å². The minimum absolute atomic E-state index is 0.199. The third-order valence-corrected chi connectivity index (χ3v) is 3.52. The molecule has 0 spiro atoms. The molecule has 1 N–H and O–H groups in total. The molecule has 0 amide bonds. The van der Waals surface area contributed by atoms with E-state index in [2.05, 4.69) is 0 Å². The molecule has 4 heteroatoms. The van der Waals surface area contributed by atoms with Gasteiger partial charge in [0.1, 0.15) is 17.2 Å². The lowest BCUT2D eigenvalue weighted by atomic mass is 9.84. The van der Waals surface area contributed by atoms with Gasteiger partial charge >= 0.3 is 0 Å². The Bertz CT molecular complexity index is 574. The summed E-state index contributed by atoms with van der Waals surface area (Å²) in [6, 6.07) is 13.4. The van der Waals surface area contributed by atoms with E-state index in [-0.39, 0.29) is 17.9 Å². The summed E-state index contributed by atoms with van der Waals surface area (Å²) in [6.07, 6.45) is 0.224. The van der Waals surface area contributed by atoms with Gasteiger partial charge in [0.15, 0.2) is 0 Å². The van der Waals surface area contributed by atoms with Crippen molar-refractivity contribution in [3.8, 4) is 5.75 Å². The van der Waals surface area contributed by atoms with Crippen LogP contribution in [0.25, 0.3) is 0 Å². The van der Waals surface area contributed by atoms with Gasteiger partial charge < -0.3 is 9.84 Å². The highest BCUT2D eigenvalue weighted by molar-refractivity contribution is 6.17. The molecule has 0 saturated heterocycles. The van der Waals surface area contributed by atoms with Crippen LogP contribution in [0.15, 0.2) is 48.5 Å². The van der Waals surface area contributed by atoms with E-state index in [1.807, 2.05) is 6.07 Å². The second kappa shape index (κ2) is 6.25. The van der Waals surface area contributed by atoms with Crippen LogP contribution in [-0.2, 0) is 5.60 Å². The Morgan fingerprint density at radius 1 is 1.20 bits per heavy atom. The summed E-state index contributed by atoms with van der Waals surface area (Å²) in [6.45, 7) is 0. The zero-order valence-electron chi connectivity index (χ0n) is 11.1. The van der Waals surface area contributed by atoms with Gasteiger partial charge in [0, 0.05) is 17.5 Å². The summed E-state index contributed by atoms with van der Waals surface area (Å²) in [5, 5.41) is 10.9. The number of aliphatic hydroxyl groups is 1. The average Bonchev–Trinajstić information content (AvgIpc) is 2.48. The van der Waals surface area contributed by atoms with Gasteiger partial charge in [-0.15, -0.1) is 11.6 Å². The van der Waals surface area contributed by atoms with Crippen LogP contribution in [0, 0.1) is 5.82 Å². The van der Waals surface area contributed by atoms with E-state index in [4.69, 9.17) is 16.3 Å². The highest BCUT2D eigenvalue weighted by Crippen LogP contribution is 2.36. The number of hydrogen-bond donors (Lipinski definition) is 1. The molecule has 0 aliphatic heterocycles. The van der Waals surface area contributed by atoms with Crippen LogP contribution < -0.4 is 4.74 Å². The molecule has 20 heavy (non-hydrogen) atoms. The minimum Gasteiger partial charge on any atom is -0.497 e. The normalized spacial score (nSPS) is 13.8. The summed E-state index contributed by atoms with van der Waals surface area (Å²) in [5.41, 5.74) is -0.630. The lowest BCUT2D eigenvalue weighted by Gasteiger charge is -2.29. The molecule has 2 aromatic carbocycles. The van der Waals surface area contributed by atoms with Crippen LogP contribution in [0.2, 0.25) is 0 Å². The Balaban J connectivity index is 2.53. The fourth-order valence-electron chi connectivity index (χ4n) is 2.24. The van der Waals surface area contributed by atoms with Crippen LogP contribution in [-0.4, -0.2) is 18.1 Å². The fraction of sp³-hybridized carbons (Fsp3) is 0.250. The third-order valence-electron chi connectivity index (χ3n) is 3.33. The number of halogens is 2.